The molecule has 0 spiro atoms. The van der Waals surface area contributed by atoms with Crippen molar-refractivity contribution in [3.8, 4) is 11.1 Å². The number of carbonyl (C=O) groups excluding carboxylic acids is 3. The van der Waals surface area contributed by atoms with E-state index in [-0.39, 0.29) is 36.3 Å². The van der Waals surface area contributed by atoms with Crippen LogP contribution in [0.4, 0.5) is 4.79 Å². The van der Waals surface area contributed by atoms with Crippen LogP contribution in [-0.2, 0) is 14.3 Å². The number of nitrogens with one attached hydrogen (secondary N) is 2. The second kappa shape index (κ2) is 11.8. The fraction of sp³-hybridized carbons (Fsp3) is 0.464. The van der Waals surface area contributed by atoms with Gasteiger partial charge in [0, 0.05) is 18.4 Å². The molecule has 0 fully saturated rings. The molecule has 1 aliphatic rings. The van der Waals surface area contributed by atoms with Gasteiger partial charge in [0.1, 0.15) is 18.9 Å². The number of ether oxygens (including phenoxy) is 1. The number of alkyl carbamates (subject to hydrolysis) is 1. The first kappa shape index (κ1) is 25.5. The molecule has 0 aliphatic heterocycles. The zero-order valence-corrected chi connectivity index (χ0v) is 20.5. The van der Waals surface area contributed by atoms with Crippen molar-refractivity contribution in [1.29, 1.82) is 0 Å². The number of aldehydes is 1. The zero-order chi connectivity index (χ0) is 24.7. The van der Waals surface area contributed by atoms with E-state index in [0.29, 0.717) is 12.8 Å². The molecule has 3 rings (SSSR count). The summed E-state index contributed by atoms with van der Waals surface area (Å²) in [6.45, 7) is 8.07. The Labute approximate surface area is 202 Å². The second-order valence-electron chi connectivity index (χ2n) is 9.33. The fourth-order valence-corrected chi connectivity index (χ4v) is 4.78. The maximum Gasteiger partial charge on any atom is 0.407 e. The maximum atomic E-state index is 12.8. The highest BCUT2D eigenvalue weighted by Crippen LogP contribution is 2.44. The molecular weight excluding hydrogens is 428 g/mol. The molecule has 6 heteroatoms. The van der Waals surface area contributed by atoms with Gasteiger partial charge in [0.05, 0.1) is 0 Å². The van der Waals surface area contributed by atoms with E-state index < -0.39 is 12.1 Å². The van der Waals surface area contributed by atoms with Gasteiger partial charge < -0.3 is 20.2 Å². The van der Waals surface area contributed by atoms with Crippen LogP contribution in [-0.4, -0.2) is 37.0 Å². The third-order valence-electron chi connectivity index (χ3n) is 6.99. The summed E-state index contributed by atoms with van der Waals surface area (Å²) < 4.78 is 5.57. The van der Waals surface area contributed by atoms with Gasteiger partial charge in [-0.15, -0.1) is 0 Å². The molecule has 0 saturated carbocycles. The van der Waals surface area contributed by atoms with Gasteiger partial charge in [-0.3, -0.25) is 4.79 Å². The van der Waals surface area contributed by atoms with E-state index in [0.717, 1.165) is 23.8 Å². The molecule has 34 heavy (non-hydrogen) atoms. The summed E-state index contributed by atoms with van der Waals surface area (Å²) in [5, 5.41) is 5.75. The number of benzene rings is 2. The van der Waals surface area contributed by atoms with Crippen LogP contribution in [0.5, 0.6) is 0 Å². The Kier molecular flexibility index (Phi) is 8.85. The van der Waals surface area contributed by atoms with Gasteiger partial charge in [-0.25, -0.2) is 4.79 Å². The largest absolute Gasteiger partial charge is 0.449 e. The summed E-state index contributed by atoms with van der Waals surface area (Å²) in [5.41, 5.74) is 4.62. The zero-order valence-electron chi connectivity index (χ0n) is 20.5. The third kappa shape index (κ3) is 5.85. The molecule has 6 nitrogen and oxygen atoms in total. The predicted molar refractivity (Wildman–Crippen MR) is 134 cm³/mol. The number of hydrogen-bond acceptors (Lipinski definition) is 4. The Morgan fingerprint density at radius 3 is 2.09 bits per heavy atom. The van der Waals surface area contributed by atoms with Crippen LogP contribution in [0.25, 0.3) is 11.1 Å². The van der Waals surface area contributed by atoms with Crippen LogP contribution in [0.15, 0.2) is 48.5 Å². The van der Waals surface area contributed by atoms with Gasteiger partial charge in [-0.2, -0.15) is 0 Å². The summed E-state index contributed by atoms with van der Waals surface area (Å²) in [5.74, 6) is 0.130. The van der Waals surface area contributed by atoms with Gasteiger partial charge in [0.15, 0.2) is 0 Å². The lowest BCUT2D eigenvalue weighted by Crippen LogP contribution is -2.51. The van der Waals surface area contributed by atoms with Crippen LogP contribution in [0.2, 0.25) is 0 Å². The van der Waals surface area contributed by atoms with E-state index in [9.17, 15) is 14.4 Å². The number of fused-ring (bicyclic) bond motifs is 3. The molecule has 1 unspecified atom stereocenters. The SMILES string of the molecule is CC[C@H](C)[C@@H](NC(=O)C(C)NC(=O)OCC1c2ccccc2-c2ccccc21)[C@@H](C)CCC=O. The first-order valence-corrected chi connectivity index (χ1v) is 12.2. The molecule has 2 aromatic rings. The van der Waals surface area contributed by atoms with Gasteiger partial charge in [-0.05, 0) is 47.4 Å². The van der Waals surface area contributed by atoms with Crippen LogP contribution < -0.4 is 10.6 Å². The monoisotopic (exact) mass is 464 g/mol. The standard InChI is InChI=1S/C28H36N2O4/c1-5-18(2)26(19(3)11-10-16-31)30-27(32)20(4)29-28(33)34-17-25-23-14-8-6-12-21(23)22-13-7-9-15-24(22)25/h6-9,12-16,18-20,25-26H,5,10-11,17H2,1-4H3,(H,29,33)(H,30,32)/t18-,19-,20?,26+/m0/s1. The van der Waals surface area contributed by atoms with Gasteiger partial charge in [0.25, 0.3) is 0 Å². The summed E-state index contributed by atoms with van der Waals surface area (Å²) in [6.07, 6.45) is 2.39. The second-order valence-corrected chi connectivity index (χ2v) is 9.33. The van der Waals surface area contributed by atoms with E-state index in [1.54, 1.807) is 6.92 Å². The smallest absolute Gasteiger partial charge is 0.407 e. The van der Waals surface area contributed by atoms with Crippen LogP contribution in [0, 0.1) is 11.8 Å². The fourth-order valence-electron chi connectivity index (χ4n) is 4.78. The van der Waals surface area contributed by atoms with Crippen LogP contribution in [0.3, 0.4) is 0 Å². The van der Waals surface area contributed by atoms with Gasteiger partial charge >= 0.3 is 6.09 Å². The Morgan fingerprint density at radius 1 is 0.941 bits per heavy atom. The number of carbonyl (C=O) groups is 3. The Morgan fingerprint density at radius 2 is 1.53 bits per heavy atom. The average molecular weight is 465 g/mol. The highest BCUT2D eigenvalue weighted by molar-refractivity contribution is 5.85. The summed E-state index contributed by atoms with van der Waals surface area (Å²) in [7, 11) is 0. The van der Waals surface area contributed by atoms with E-state index in [1.807, 2.05) is 31.2 Å². The van der Waals surface area contributed by atoms with Crippen molar-refractivity contribution in [1.82, 2.24) is 10.6 Å². The Hall–Kier alpha value is -3.15. The molecular formula is C28H36N2O4. The molecule has 4 atom stereocenters. The normalized spacial score (nSPS) is 15.9. The van der Waals surface area contributed by atoms with E-state index in [4.69, 9.17) is 4.74 Å². The molecule has 2 amide bonds. The molecule has 0 aromatic heterocycles. The van der Waals surface area contributed by atoms with Crippen molar-refractivity contribution in [3.05, 3.63) is 59.7 Å². The summed E-state index contributed by atoms with van der Waals surface area (Å²) in [6, 6.07) is 15.5. The highest BCUT2D eigenvalue weighted by atomic mass is 16.5. The summed E-state index contributed by atoms with van der Waals surface area (Å²) in [4.78, 5) is 36.1. The van der Waals surface area contributed by atoms with E-state index >= 15 is 0 Å². The third-order valence-corrected chi connectivity index (χ3v) is 6.99. The Bertz CT molecular complexity index is 960. The van der Waals surface area contributed by atoms with Gasteiger partial charge in [0.2, 0.25) is 5.91 Å². The van der Waals surface area contributed by atoms with Crippen molar-refractivity contribution in [2.24, 2.45) is 11.8 Å². The summed E-state index contributed by atoms with van der Waals surface area (Å²) >= 11 is 0. The lowest BCUT2D eigenvalue weighted by molar-refractivity contribution is -0.124. The van der Waals surface area contributed by atoms with Crippen LogP contribution in [0.1, 0.15) is 64.0 Å². The van der Waals surface area contributed by atoms with Crippen molar-refractivity contribution in [3.63, 3.8) is 0 Å². The maximum absolute atomic E-state index is 12.8. The van der Waals surface area contributed by atoms with E-state index in [1.165, 1.54) is 11.1 Å². The molecule has 1 aliphatic carbocycles. The topological polar surface area (TPSA) is 84.5 Å². The molecule has 2 aromatic carbocycles. The number of hydrogen-bond donors (Lipinski definition) is 2. The number of rotatable bonds is 11. The predicted octanol–water partition coefficient (Wildman–Crippen LogP) is 5.06. The molecule has 2 N–H and O–H groups in total. The van der Waals surface area contributed by atoms with Crippen LogP contribution >= 0.6 is 0 Å². The first-order chi connectivity index (χ1) is 16.4. The minimum absolute atomic E-state index is 0.0317. The Balaban J connectivity index is 1.57. The molecule has 182 valence electrons. The molecule has 0 radical (unpaired) electrons. The van der Waals surface area contributed by atoms with Crippen molar-refractivity contribution >= 4 is 18.3 Å². The number of amides is 2. The molecule has 0 heterocycles. The minimum atomic E-state index is -0.736. The van der Waals surface area contributed by atoms with Crippen molar-refractivity contribution < 1.29 is 19.1 Å². The molecule has 0 bridgehead atoms. The quantitative estimate of drug-likeness (QED) is 0.455. The van der Waals surface area contributed by atoms with E-state index in [2.05, 4.69) is 48.7 Å². The lowest BCUT2D eigenvalue weighted by Gasteiger charge is -2.31. The lowest BCUT2D eigenvalue weighted by atomic mass is 9.86. The highest BCUT2D eigenvalue weighted by Gasteiger charge is 2.30. The van der Waals surface area contributed by atoms with Crippen molar-refractivity contribution in [2.45, 2.75) is 65.0 Å². The first-order valence-electron chi connectivity index (χ1n) is 12.2. The van der Waals surface area contributed by atoms with Crippen molar-refractivity contribution in [2.75, 3.05) is 6.61 Å². The average Bonchev–Trinajstić information content (AvgIpc) is 3.17. The molecule has 0 saturated heterocycles. The minimum Gasteiger partial charge on any atom is -0.449 e. The van der Waals surface area contributed by atoms with Gasteiger partial charge in [-0.1, -0.05) is 75.7 Å².